The Morgan fingerprint density at radius 3 is 2.86 bits per heavy atom. The van der Waals surface area contributed by atoms with E-state index >= 15 is 0 Å². The molecule has 0 aliphatic carbocycles. The molecule has 0 atom stereocenters. The lowest BCUT2D eigenvalue weighted by Gasteiger charge is -2.05. The van der Waals surface area contributed by atoms with E-state index in [1.807, 2.05) is 42.5 Å². The van der Waals surface area contributed by atoms with Crippen molar-refractivity contribution in [3.8, 4) is 5.75 Å². The summed E-state index contributed by atoms with van der Waals surface area (Å²) in [6.07, 6.45) is 5.17. The molecular formula is C17H15N3O. The average molecular weight is 277 g/mol. The third-order valence-electron chi connectivity index (χ3n) is 3.24. The summed E-state index contributed by atoms with van der Waals surface area (Å²) in [5.41, 5.74) is 4.73. The molecular weight excluding hydrogens is 262 g/mol. The van der Waals surface area contributed by atoms with Crippen LogP contribution >= 0.6 is 0 Å². The van der Waals surface area contributed by atoms with E-state index in [1.165, 1.54) is 0 Å². The number of nitrogens with zero attached hydrogens (tertiary/aromatic N) is 2. The minimum atomic E-state index is 0.223. The minimum Gasteiger partial charge on any atom is -0.507 e. The fourth-order valence-electron chi connectivity index (χ4n) is 2.17. The van der Waals surface area contributed by atoms with Gasteiger partial charge in [-0.25, -0.2) is 0 Å². The second-order valence-corrected chi connectivity index (χ2v) is 4.67. The second kappa shape index (κ2) is 6.05. The lowest BCUT2D eigenvalue weighted by atomic mass is 10.0. The molecule has 104 valence electrons. The van der Waals surface area contributed by atoms with Gasteiger partial charge in [-0.1, -0.05) is 36.4 Å². The third kappa shape index (κ3) is 3.00. The van der Waals surface area contributed by atoms with Crippen molar-refractivity contribution in [3.05, 3.63) is 72.1 Å². The van der Waals surface area contributed by atoms with Crippen LogP contribution in [-0.4, -0.2) is 16.3 Å². The van der Waals surface area contributed by atoms with E-state index in [2.05, 4.69) is 15.5 Å². The van der Waals surface area contributed by atoms with Gasteiger partial charge in [0.1, 0.15) is 5.75 Å². The maximum absolute atomic E-state index is 10.00. The molecule has 4 heteroatoms. The number of phenols is 1. The number of hydrogen-bond acceptors (Lipinski definition) is 4. The van der Waals surface area contributed by atoms with Crippen LogP contribution in [0.1, 0.15) is 11.1 Å². The van der Waals surface area contributed by atoms with Gasteiger partial charge in [0.25, 0.3) is 0 Å². The van der Waals surface area contributed by atoms with Gasteiger partial charge in [0.05, 0.1) is 12.8 Å². The van der Waals surface area contributed by atoms with Gasteiger partial charge in [-0.05, 0) is 28.5 Å². The zero-order valence-electron chi connectivity index (χ0n) is 11.4. The Balaban J connectivity index is 1.78. The molecule has 1 aromatic heterocycles. The quantitative estimate of drug-likeness (QED) is 0.569. The third-order valence-corrected chi connectivity index (χ3v) is 3.24. The summed E-state index contributed by atoms with van der Waals surface area (Å²) in [7, 11) is 0. The van der Waals surface area contributed by atoms with Gasteiger partial charge < -0.3 is 10.5 Å². The van der Waals surface area contributed by atoms with Crippen molar-refractivity contribution in [3.63, 3.8) is 0 Å². The van der Waals surface area contributed by atoms with E-state index in [4.69, 9.17) is 0 Å². The summed E-state index contributed by atoms with van der Waals surface area (Å²) in [4.78, 5) is 4.04. The molecule has 0 unspecified atom stereocenters. The van der Waals surface area contributed by atoms with Crippen LogP contribution in [0.4, 0.5) is 0 Å². The Kier molecular flexibility index (Phi) is 3.78. The molecule has 4 nitrogen and oxygen atoms in total. The van der Waals surface area contributed by atoms with Gasteiger partial charge in [0.2, 0.25) is 0 Å². The van der Waals surface area contributed by atoms with Crippen molar-refractivity contribution >= 4 is 17.0 Å². The first kappa shape index (κ1) is 13.1. The SMILES string of the molecule is Oc1ccc2ccccc2c1C=NNCc1cccnc1. The maximum atomic E-state index is 10.00. The Morgan fingerprint density at radius 1 is 1.10 bits per heavy atom. The molecule has 0 bridgehead atoms. The number of hydrogen-bond donors (Lipinski definition) is 2. The monoisotopic (exact) mass is 277 g/mol. The second-order valence-electron chi connectivity index (χ2n) is 4.67. The summed E-state index contributed by atoms with van der Waals surface area (Å²) in [6.45, 7) is 0.593. The smallest absolute Gasteiger partial charge is 0.125 e. The zero-order chi connectivity index (χ0) is 14.5. The van der Waals surface area contributed by atoms with Crippen molar-refractivity contribution < 1.29 is 5.11 Å². The van der Waals surface area contributed by atoms with Gasteiger partial charge >= 0.3 is 0 Å². The Labute approximate surface area is 122 Å². The van der Waals surface area contributed by atoms with E-state index < -0.39 is 0 Å². The molecule has 0 fully saturated rings. The van der Waals surface area contributed by atoms with Gasteiger partial charge in [-0.15, -0.1) is 0 Å². The lowest BCUT2D eigenvalue weighted by molar-refractivity contribution is 0.475. The van der Waals surface area contributed by atoms with Gasteiger partial charge in [0.15, 0.2) is 0 Å². The molecule has 3 aromatic rings. The standard InChI is InChI=1S/C17H15N3O/c21-17-8-7-14-5-1-2-6-15(14)16(17)12-20-19-11-13-4-3-9-18-10-13/h1-10,12,19,21H,11H2. The highest BCUT2D eigenvalue weighted by atomic mass is 16.3. The van der Waals surface area contributed by atoms with Crippen LogP contribution in [0.15, 0.2) is 66.0 Å². The van der Waals surface area contributed by atoms with Crippen LogP contribution < -0.4 is 5.43 Å². The first-order valence-electron chi connectivity index (χ1n) is 6.70. The summed E-state index contributed by atoms with van der Waals surface area (Å²) in [6, 6.07) is 15.3. The predicted molar refractivity (Wildman–Crippen MR) is 84.3 cm³/mol. The number of nitrogens with one attached hydrogen (secondary N) is 1. The van der Waals surface area contributed by atoms with Crippen molar-refractivity contribution in [1.29, 1.82) is 0 Å². The van der Waals surface area contributed by atoms with Crippen LogP contribution in [0.25, 0.3) is 10.8 Å². The zero-order valence-corrected chi connectivity index (χ0v) is 11.4. The number of aromatic nitrogens is 1. The Morgan fingerprint density at radius 2 is 2.00 bits per heavy atom. The van der Waals surface area contributed by atoms with Crippen LogP contribution in [0.2, 0.25) is 0 Å². The Bertz CT molecular complexity index is 769. The van der Waals surface area contributed by atoms with E-state index in [0.29, 0.717) is 12.1 Å². The van der Waals surface area contributed by atoms with Crippen molar-refractivity contribution in [1.82, 2.24) is 10.4 Å². The number of hydrazone groups is 1. The fourth-order valence-corrected chi connectivity index (χ4v) is 2.17. The Hall–Kier alpha value is -2.88. The molecule has 21 heavy (non-hydrogen) atoms. The molecule has 0 aliphatic heterocycles. The van der Waals surface area contributed by atoms with E-state index in [1.54, 1.807) is 24.7 Å². The van der Waals surface area contributed by atoms with Crippen LogP contribution in [0, 0.1) is 0 Å². The van der Waals surface area contributed by atoms with Gasteiger partial charge in [-0.3, -0.25) is 4.98 Å². The largest absolute Gasteiger partial charge is 0.507 e. The van der Waals surface area contributed by atoms with Crippen molar-refractivity contribution in [2.24, 2.45) is 5.10 Å². The normalized spacial score (nSPS) is 11.0. The molecule has 0 radical (unpaired) electrons. The number of benzene rings is 2. The molecule has 0 spiro atoms. The number of rotatable bonds is 4. The first-order valence-corrected chi connectivity index (χ1v) is 6.70. The van der Waals surface area contributed by atoms with E-state index in [9.17, 15) is 5.11 Å². The molecule has 3 rings (SSSR count). The van der Waals surface area contributed by atoms with Gasteiger partial charge in [-0.2, -0.15) is 5.10 Å². The minimum absolute atomic E-state index is 0.223. The molecule has 0 amide bonds. The van der Waals surface area contributed by atoms with Crippen LogP contribution in [0.3, 0.4) is 0 Å². The maximum Gasteiger partial charge on any atom is 0.125 e. The summed E-state index contributed by atoms with van der Waals surface area (Å²) in [5, 5.41) is 16.2. The van der Waals surface area contributed by atoms with E-state index in [-0.39, 0.29) is 5.75 Å². The predicted octanol–water partition coefficient (Wildman–Crippen LogP) is 3.06. The van der Waals surface area contributed by atoms with Crippen LogP contribution in [-0.2, 0) is 6.54 Å². The molecule has 0 aliphatic rings. The molecule has 0 saturated carbocycles. The molecule has 0 saturated heterocycles. The highest BCUT2D eigenvalue weighted by Crippen LogP contribution is 2.25. The van der Waals surface area contributed by atoms with E-state index in [0.717, 1.165) is 16.3 Å². The number of phenolic OH excluding ortho intramolecular Hbond substituents is 1. The summed E-state index contributed by atoms with van der Waals surface area (Å²) >= 11 is 0. The summed E-state index contributed by atoms with van der Waals surface area (Å²) < 4.78 is 0. The molecule has 1 heterocycles. The number of fused-ring (bicyclic) bond motifs is 1. The highest BCUT2D eigenvalue weighted by molar-refractivity contribution is 6.02. The number of aromatic hydroxyl groups is 1. The lowest BCUT2D eigenvalue weighted by Crippen LogP contribution is -2.05. The fraction of sp³-hybridized carbons (Fsp3) is 0.0588. The average Bonchev–Trinajstić information content (AvgIpc) is 2.54. The van der Waals surface area contributed by atoms with Crippen molar-refractivity contribution in [2.75, 3.05) is 0 Å². The molecule has 2 N–H and O–H groups in total. The summed E-state index contributed by atoms with van der Waals surface area (Å²) in [5.74, 6) is 0.223. The van der Waals surface area contributed by atoms with Gasteiger partial charge in [0, 0.05) is 18.0 Å². The topological polar surface area (TPSA) is 57.5 Å². The highest BCUT2D eigenvalue weighted by Gasteiger charge is 2.03. The van der Waals surface area contributed by atoms with Crippen LogP contribution in [0.5, 0.6) is 5.75 Å². The molecule has 2 aromatic carbocycles. The first-order chi connectivity index (χ1) is 10.3. The number of pyridine rings is 1. The van der Waals surface area contributed by atoms with Crippen molar-refractivity contribution in [2.45, 2.75) is 6.54 Å².